The maximum atomic E-state index is 11.7. The Kier molecular flexibility index (Phi) is 4.92. The summed E-state index contributed by atoms with van der Waals surface area (Å²) in [4.78, 5) is 19.1. The Hall–Kier alpha value is -1.63. The number of carbonyl (C=O) groups excluding carboxylic acids is 1. The molecule has 6 heteroatoms. The monoisotopic (exact) mass is 305 g/mol. The molecule has 1 aromatic rings. The van der Waals surface area contributed by atoms with Gasteiger partial charge in [-0.1, -0.05) is 24.3 Å². The standard InChI is InChI=1S/C16H23N3O3/c1-12(8-17-16(20)22-15-9-18-21-11-15)19-7-6-13-4-2-3-5-14(13)10-19/h2-5,12,15,18H,6-11H2,1H3,(H,17,20)/t12?,15-/m0/s1. The lowest BCUT2D eigenvalue weighted by molar-refractivity contribution is 0.0634. The van der Waals surface area contributed by atoms with E-state index in [1.54, 1.807) is 0 Å². The van der Waals surface area contributed by atoms with Gasteiger partial charge in [-0.3, -0.25) is 9.74 Å². The molecule has 2 atom stereocenters. The molecular formula is C16H23N3O3. The minimum atomic E-state index is -0.374. The van der Waals surface area contributed by atoms with Crippen LogP contribution in [0, 0.1) is 0 Å². The van der Waals surface area contributed by atoms with Crippen molar-refractivity contribution < 1.29 is 14.4 Å². The van der Waals surface area contributed by atoms with Crippen LogP contribution in [-0.2, 0) is 22.5 Å². The summed E-state index contributed by atoms with van der Waals surface area (Å²) in [5.41, 5.74) is 5.51. The van der Waals surface area contributed by atoms with Crippen LogP contribution in [0.5, 0.6) is 0 Å². The lowest BCUT2D eigenvalue weighted by Crippen LogP contribution is -2.45. The molecule has 2 aliphatic rings. The molecule has 2 N–H and O–H groups in total. The molecule has 0 bridgehead atoms. The molecule has 2 aliphatic heterocycles. The largest absolute Gasteiger partial charge is 0.442 e. The maximum Gasteiger partial charge on any atom is 0.407 e. The Bertz CT molecular complexity index is 517. The number of fused-ring (bicyclic) bond motifs is 1. The first kappa shape index (κ1) is 15.3. The molecule has 0 aromatic heterocycles. The normalized spacial score (nSPS) is 22.9. The van der Waals surface area contributed by atoms with Crippen LogP contribution in [0.1, 0.15) is 18.1 Å². The molecule has 2 heterocycles. The molecule has 1 saturated heterocycles. The highest BCUT2D eigenvalue weighted by Gasteiger charge is 2.22. The van der Waals surface area contributed by atoms with Gasteiger partial charge < -0.3 is 10.1 Å². The van der Waals surface area contributed by atoms with Crippen molar-refractivity contribution >= 4 is 6.09 Å². The maximum absolute atomic E-state index is 11.7. The van der Waals surface area contributed by atoms with E-state index in [2.05, 4.69) is 46.9 Å². The number of hydrogen-bond acceptors (Lipinski definition) is 5. The van der Waals surface area contributed by atoms with E-state index in [0.717, 1.165) is 19.5 Å². The third kappa shape index (κ3) is 3.76. The molecule has 0 radical (unpaired) electrons. The van der Waals surface area contributed by atoms with Gasteiger partial charge in [-0.25, -0.2) is 4.79 Å². The number of rotatable bonds is 4. The molecule has 0 spiro atoms. The molecule has 1 fully saturated rings. The van der Waals surface area contributed by atoms with Gasteiger partial charge in [0.2, 0.25) is 0 Å². The highest BCUT2D eigenvalue weighted by Crippen LogP contribution is 2.19. The molecule has 22 heavy (non-hydrogen) atoms. The van der Waals surface area contributed by atoms with Crippen LogP contribution in [0.2, 0.25) is 0 Å². The van der Waals surface area contributed by atoms with Crippen LogP contribution >= 0.6 is 0 Å². The second-order valence-electron chi connectivity index (χ2n) is 5.91. The van der Waals surface area contributed by atoms with Crippen molar-refractivity contribution in [2.45, 2.75) is 32.0 Å². The summed E-state index contributed by atoms with van der Waals surface area (Å²) in [6.07, 6.45) is 0.495. The van der Waals surface area contributed by atoms with Crippen LogP contribution < -0.4 is 10.8 Å². The van der Waals surface area contributed by atoms with E-state index >= 15 is 0 Å². The highest BCUT2D eigenvalue weighted by molar-refractivity contribution is 5.67. The fraction of sp³-hybridized carbons (Fsp3) is 0.562. The summed E-state index contributed by atoms with van der Waals surface area (Å²) < 4.78 is 5.25. The predicted molar refractivity (Wildman–Crippen MR) is 82.2 cm³/mol. The van der Waals surface area contributed by atoms with Gasteiger partial charge >= 0.3 is 6.09 Å². The van der Waals surface area contributed by atoms with Gasteiger partial charge in [-0.15, -0.1) is 0 Å². The third-order valence-electron chi connectivity index (χ3n) is 4.28. The minimum Gasteiger partial charge on any atom is -0.442 e. The number of nitrogens with zero attached hydrogens (tertiary/aromatic N) is 1. The van der Waals surface area contributed by atoms with E-state index < -0.39 is 0 Å². The first-order valence-corrected chi connectivity index (χ1v) is 7.82. The van der Waals surface area contributed by atoms with Crippen molar-refractivity contribution in [2.24, 2.45) is 0 Å². The molecule has 120 valence electrons. The number of amides is 1. The van der Waals surface area contributed by atoms with Crippen LogP contribution in [0.15, 0.2) is 24.3 Å². The van der Waals surface area contributed by atoms with Gasteiger partial charge in [0.1, 0.15) is 12.7 Å². The van der Waals surface area contributed by atoms with Crippen molar-refractivity contribution in [2.75, 3.05) is 26.2 Å². The van der Waals surface area contributed by atoms with E-state index in [4.69, 9.17) is 9.57 Å². The van der Waals surface area contributed by atoms with E-state index in [0.29, 0.717) is 19.7 Å². The number of ether oxygens (including phenoxy) is 1. The zero-order valence-electron chi connectivity index (χ0n) is 12.9. The molecule has 1 amide bonds. The SMILES string of the molecule is CC(CNC(=O)O[C@H]1CNOC1)N1CCc2ccccc2C1. The lowest BCUT2D eigenvalue weighted by atomic mass is 9.99. The third-order valence-corrected chi connectivity index (χ3v) is 4.28. The number of alkyl carbamates (subject to hydrolysis) is 1. The topological polar surface area (TPSA) is 62.8 Å². The molecule has 3 rings (SSSR count). The Morgan fingerprint density at radius 3 is 3.09 bits per heavy atom. The molecule has 6 nitrogen and oxygen atoms in total. The van der Waals surface area contributed by atoms with Crippen LogP contribution in [0.25, 0.3) is 0 Å². The number of hydrogen-bond donors (Lipinski definition) is 2. The van der Waals surface area contributed by atoms with Crippen molar-refractivity contribution in [3.63, 3.8) is 0 Å². The van der Waals surface area contributed by atoms with Crippen molar-refractivity contribution in [3.8, 4) is 0 Å². The van der Waals surface area contributed by atoms with Gasteiger partial charge in [-0.05, 0) is 24.5 Å². The molecule has 0 saturated carbocycles. The minimum absolute atomic E-state index is 0.197. The van der Waals surface area contributed by atoms with E-state index in [1.165, 1.54) is 11.1 Å². The summed E-state index contributed by atoms with van der Waals surface area (Å²) in [5.74, 6) is 0. The lowest BCUT2D eigenvalue weighted by Gasteiger charge is -2.33. The smallest absolute Gasteiger partial charge is 0.407 e. The summed E-state index contributed by atoms with van der Waals surface area (Å²) in [6.45, 7) is 5.64. The van der Waals surface area contributed by atoms with Crippen molar-refractivity contribution in [1.29, 1.82) is 0 Å². The molecule has 1 aromatic carbocycles. The van der Waals surface area contributed by atoms with Gasteiger partial charge in [0.15, 0.2) is 0 Å². The Morgan fingerprint density at radius 1 is 1.50 bits per heavy atom. The molecule has 0 aliphatic carbocycles. The summed E-state index contributed by atoms with van der Waals surface area (Å²) in [7, 11) is 0. The fourth-order valence-electron chi connectivity index (χ4n) is 2.89. The Balaban J connectivity index is 1.44. The average molecular weight is 305 g/mol. The van der Waals surface area contributed by atoms with Gasteiger partial charge in [-0.2, -0.15) is 5.48 Å². The van der Waals surface area contributed by atoms with Crippen LogP contribution in [0.3, 0.4) is 0 Å². The van der Waals surface area contributed by atoms with Crippen molar-refractivity contribution in [3.05, 3.63) is 35.4 Å². The number of benzene rings is 1. The zero-order chi connectivity index (χ0) is 15.4. The summed E-state index contributed by atoms with van der Waals surface area (Å²) >= 11 is 0. The predicted octanol–water partition coefficient (Wildman–Crippen LogP) is 1.06. The highest BCUT2D eigenvalue weighted by atomic mass is 16.7. The van der Waals surface area contributed by atoms with E-state index in [9.17, 15) is 4.79 Å². The number of carbonyl (C=O) groups is 1. The zero-order valence-corrected chi connectivity index (χ0v) is 12.9. The second-order valence-corrected chi connectivity index (χ2v) is 5.91. The Morgan fingerprint density at radius 2 is 2.32 bits per heavy atom. The Labute approximate surface area is 130 Å². The second kappa shape index (κ2) is 7.09. The van der Waals surface area contributed by atoms with E-state index in [-0.39, 0.29) is 18.2 Å². The average Bonchev–Trinajstić information content (AvgIpc) is 3.05. The first-order valence-electron chi connectivity index (χ1n) is 7.82. The van der Waals surface area contributed by atoms with Crippen LogP contribution in [-0.4, -0.2) is 49.4 Å². The first-order chi connectivity index (χ1) is 10.7. The van der Waals surface area contributed by atoms with Gasteiger partial charge in [0, 0.05) is 25.7 Å². The van der Waals surface area contributed by atoms with E-state index in [1.807, 2.05) is 0 Å². The van der Waals surface area contributed by atoms with Gasteiger partial charge in [0.05, 0.1) is 6.54 Å². The number of hydroxylamine groups is 1. The summed E-state index contributed by atoms with van der Waals surface area (Å²) in [5, 5.41) is 2.84. The van der Waals surface area contributed by atoms with Crippen LogP contribution in [0.4, 0.5) is 4.79 Å². The summed E-state index contributed by atoms with van der Waals surface area (Å²) in [6, 6.07) is 8.84. The van der Waals surface area contributed by atoms with Gasteiger partial charge in [0.25, 0.3) is 0 Å². The molecular weight excluding hydrogens is 282 g/mol. The van der Waals surface area contributed by atoms with Crippen molar-refractivity contribution in [1.82, 2.24) is 15.7 Å². The quantitative estimate of drug-likeness (QED) is 0.871. The fourth-order valence-corrected chi connectivity index (χ4v) is 2.89. The number of nitrogens with one attached hydrogen (secondary N) is 2. The molecule has 1 unspecified atom stereocenters.